The Kier molecular flexibility index (Phi) is 7.26. The highest BCUT2D eigenvalue weighted by atomic mass is 15.0. The van der Waals surface area contributed by atoms with Crippen LogP contribution in [-0.4, -0.2) is 9.13 Å². The number of aromatic nitrogens is 2. The van der Waals surface area contributed by atoms with Crippen molar-refractivity contribution in [3.63, 3.8) is 0 Å². The van der Waals surface area contributed by atoms with E-state index in [1.54, 1.807) is 0 Å². The van der Waals surface area contributed by atoms with E-state index in [1.807, 2.05) is 0 Å². The summed E-state index contributed by atoms with van der Waals surface area (Å²) in [6.45, 7) is 0. The van der Waals surface area contributed by atoms with Crippen molar-refractivity contribution in [2.75, 3.05) is 0 Å². The second-order valence-electron chi connectivity index (χ2n) is 15.3. The van der Waals surface area contributed by atoms with Gasteiger partial charge in [-0.3, -0.25) is 0 Å². The van der Waals surface area contributed by atoms with Crippen LogP contribution in [0.15, 0.2) is 218 Å². The average Bonchev–Trinajstić information content (AvgIpc) is 3.80. The molecule has 12 rings (SSSR count). The third kappa shape index (κ3) is 4.99. The number of nitrogens with zero attached hydrogens (tertiary/aromatic N) is 2. The molecule has 0 aliphatic heterocycles. The first-order valence-corrected chi connectivity index (χ1v) is 20.0. The topological polar surface area (TPSA) is 9.86 Å². The van der Waals surface area contributed by atoms with Gasteiger partial charge in [0.2, 0.25) is 0 Å². The highest BCUT2D eigenvalue weighted by Gasteiger charge is 2.19. The minimum Gasteiger partial charge on any atom is -0.309 e. The van der Waals surface area contributed by atoms with Gasteiger partial charge < -0.3 is 9.13 Å². The van der Waals surface area contributed by atoms with Crippen LogP contribution in [0.3, 0.4) is 0 Å². The Bertz CT molecular complexity index is 3510. The zero-order chi connectivity index (χ0) is 38.2. The maximum absolute atomic E-state index is 2.45. The smallest absolute Gasteiger partial charge is 0.0547 e. The van der Waals surface area contributed by atoms with E-state index in [0.29, 0.717) is 0 Å². The van der Waals surface area contributed by atoms with E-state index >= 15 is 0 Å². The number of para-hydroxylation sites is 3. The maximum atomic E-state index is 2.45. The molecule has 0 amide bonds. The lowest BCUT2D eigenvalue weighted by atomic mass is 9.92. The van der Waals surface area contributed by atoms with Crippen LogP contribution in [0, 0.1) is 0 Å². The van der Waals surface area contributed by atoms with Crippen LogP contribution in [0.1, 0.15) is 0 Å². The molecule has 0 spiro atoms. The number of hydrogen-bond acceptors (Lipinski definition) is 0. The van der Waals surface area contributed by atoms with E-state index in [9.17, 15) is 0 Å². The van der Waals surface area contributed by atoms with Crippen LogP contribution in [0.2, 0.25) is 0 Å². The third-order valence-corrected chi connectivity index (χ3v) is 12.1. The van der Waals surface area contributed by atoms with Gasteiger partial charge in [0, 0.05) is 32.8 Å². The summed E-state index contributed by atoms with van der Waals surface area (Å²) in [6.07, 6.45) is 0. The van der Waals surface area contributed by atoms with Crippen molar-refractivity contribution in [3.8, 4) is 44.8 Å². The zero-order valence-corrected chi connectivity index (χ0v) is 31.7. The molecule has 0 bridgehead atoms. The lowest BCUT2D eigenvalue weighted by Crippen LogP contribution is -1.97. The molecule has 2 heterocycles. The third-order valence-electron chi connectivity index (χ3n) is 12.1. The molecule has 0 aliphatic rings. The van der Waals surface area contributed by atoms with Crippen molar-refractivity contribution < 1.29 is 0 Å². The van der Waals surface area contributed by atoms with Gasteiger partial charge in [0.05, 0.1) is 27.8 Å². The molecular weight excluding hydrogens is 701 g/mol. The van der Waals surface area contributed by atoms with Gasteiger partial charge in [0.15, 0.2) is 0 Å². The van der Waals surface area contributed by atoms with Crippen molar-refractivity contribution >= 4 is 65.2 Å². The van der Waals surface area contributed by atoms with Crippen LogP contribution < -0.4 is 0 Å². The van der Waals surface area contributed by atoms with Gasteiger partial charge in [0.25, 0.3) is 0 Å². The van der Waals surface area contributed by atoms with Crippen LogP contribution in [0.5, 0.6) is 0 Å². The summed E-state index contributed by atoms with van der Waals surface area (Å²) in [5.74, 6) is 0. The number of rotatable bonds is 5. The Labute approximate surface area is 336 Å². The van der Waals surface area contributed by atoms with Gasteiger partial charge in [-0.1, -0.05) is 170 Å². The van der Waals surface area contributed by atoms with Gasteiger partial charge in [-0.2, -0.15) is 0 Å². The summed E-state index contributed by atoms with van der Waals surface area (Å²) >= 11 is 0. The molecule has 10 aromatic carbocycles. The standard InChI is InChI=1S/C56H36N2/c1-2-15-37(16-3-1)44-21-8-11-26-51(44)58-53-28-13-10-25-48(53)50-32-30-39(36-55(50)58)38-29-31-49-47-24-9-12-27-52(47)57(54(49)35-38)43-20-14-19-42(34-43)56-45-22-6-4-17-40(45)33-41-18-5-7-23-46(41)56/h1-36H. The fourth-order valence-corrected chi connectivity index (χ4v) is 9.49. The summed E-state index contributed by atoms with van der Waals surface area (Å²) in [4.78, 5) is 0. The molecular formula is C56H36N2. The Morgan fingerprint density at radius 1 is 0.259 bits per heavy atom. The molecule has 0 atom stereocenters. The first-order chi connectivity index (χ1) is 28.8. The van der Waals surface area contributed by atoms with Gasteiger partial charge >= 0.3 is 0 Å². The maximum Gasteiger partial charge on any atom is 0.0547 e. The Hall–Kier alpha value is -7.68. The highest BCUT2D eigenvalue weighted by molar-refractivity contribution is 6.14. The monoisotopic (exact) mass is 736 g/mol. The van der Waals surface area contributed by atoms with Gasteiger partial charge in [-0.15, -0.1) is 0 Å². The van der Waals surface area contributed by atoms with E-state index < -0.39 is 0 Å². The molecule has 0 saturated carbocycles. The number of hydrogen-bond donors (Lipinski definition) is 0. The molecule has 2 heteroatoms. The normalized spacial score (nSPS) is 11.8. The van der Waals surface area contributed by atoms with E-state index in [4.69, 9.17) is 0 Å². The summed E-state index contributed by atoms with van der Waals surface area (Å²) in [7, 11) is 0. The molecule has 0 fully saturated rings. The predicted molar refractivity (Wildman–Crippen MR) is 246 cm³/mol. The van der Waals surface area contributed by atoms with E-state index in [-0.39, 0.29) is 0 Å². The number of benzene rings is 10. The van der Waals surface area contributed by atoms with Crippen LogP contribution in [-0.2, 0) is 0 Å². The summed E-state index contributed by atoms with van der Waals surface area (Å²) in [5, 5.41) is 10.0. The summed E-state index contributed by atoms with van der Waals surface area (Å²) < 4.78 is 4.91. The van der Waals surface area contributed by atoms with Crippen molar-refractivity contribution in [2.45, 2.75) is 0 Å². The van der Waals surface area contributed by atoms with E-state index in [1.165, 1.54) is 104 Å². The van der Waals surface area contributed by atoms with Gasteiger partial charge in [0.1, 0.15) is 0 Å². The largest absolute Gasteiger partial charge is 0.309 e. The SMILES string of the molecule is c1ccc(-c2ccccc2-n2c3ccccc3c3ccc(-c4ccc5c6ccccc6n(-c6cccc(-c7c8ccccc8cc8ccccc78)c6)c5c4)cc32)cc1. The molecule has 2 aromatic heterocycles. The summed E-state index contributed by atoms with van der Waals surface area (Å²) in [6, 6.07) is 80.0. The van der Waals surface area contributed by atoms with Crippen molar-refractivity contribution in [1.29, 1.82) is 0 Å². The van der Waals surface area contributed by atoms with Crippen LogP contribution >= 0.6 is 0 Å². The van der Waals surface area contributed by atoms with E-state index in [2.05, 4.69) is 228 Å². The first-order valence-electron chi connectivity index (χ1n) is 20.0. The average molecular weight is 737 g/mol. The second kappa shape index (κ2) is 12.9. The van der Waals surface area contributed by atoms with Crippen molar-refractivity contribution in [1.82, 2.24) is 9.13 Å². The molecule has 0 N–H and O–H groups in total. The fourth-order valence-electron chi connectivity index (χ4n) is 9.49. The van der Waals surface area contributed by atoms with Crippen molar-refractivity contribution in [2.24, 2.45) is 0 Å². The molecule has 2 nitrogen and oxygen atoms in total. The Morgan fingerprint density at radius 3 is 1.43 bits per heavy atom. The van der Waals surface area contributed by atoms with Gasteiger partial charge in [-0.25, -0.2) is 0 Å². The quantitative estimate of drug-likeness (QED) is 0.156. The Balaban J connectivity index is 1.07. The lowest BCUT2D eigenvalue weighted by molar-refractivity contribution is 1.18. The first kappa shape index (κ1) is 32.6. The molecule has 58 heavy (non-hydrogen) atoms. The summed E-state index contributed by atoms with van der Waals surface area (Å²) in [5.41, 5.74) is 14.4. The van der Waals surface area contributed by atoms with Gasteiger partial charge in [-0.05, 0) is 97.9 Å². The molecule has 0 radical (unpaired) electrons. The minimum atomic E-state index is 1.14. The fraction of sp³-hybridized carbons (Fsp3) is 0. The minimum absolute atomic E-state index is 1.14. The predicted octanol–water partition coefficient (Wildman–Crippen LogP) is 15.2. The Morgan fingerprint density at radius 2 is 0.759 bits per heavy atom. The molecule has 12 aromatic rings. The van der Waals surface area contributed by atoms with Crippen LogP contribution in [0.4, 0.5) is 0 Å². The molecule has 0 unspecified atom stereocenters. The highest BCUT2D eigenvalue weighted by Crippen LogP contribution is 2.41. The molecule has 270 valence electrons. The van der Waals surface area contributed by atoms with Crippen molar-refractivity contribution in [3.05, 3.63) is 218 Å². The zero-order valence-electron chi connectivity index (χ0n) is 31.7. The number of fused-ring (bicyclic) bond motifs is 8. The van der Waals surface area contributed by atoms with E-state index in [0.717, 1.165) is 5.69 Å². The molecule has 0 aliphatic carbocycles. The molecule has 0 saturated heterocycles. The second-order valence-corrected chi connectivity index (χ2v) is 15.3. The lowest BCUT2D eigenvalue weighted by Gasteiger charge is -2.15. The van der Waals surface area contributed by atoms with Crippen LogP contribution in [0.25, 0.3) is 110 Å².